The molecular formula is C37H53N9O6. The van der Waals surface area contributed by atoms with E-state index >= 15 is 0 Å². The fourth-order valence-electron chi connectivity index (χ4n) is 7.05. The van der Waals surface area contributed by atoms with Crippen LogP contribution in [0.25, 0.3) is 0 Å². The number of ketones is 1. The van der Waals surface area contributed by atoms with E-state index < -0.39 is 59.0 Å². The third kappa shape index (κ3) is 9.79. The molecule has 4 aliphatic rings. The molecule has 4 N–H and O–H groups in total. The highest BCUT2D eigenvalue weighted by Crippen LogP contribution is 2.29. The van der Waals surface area contributed by atoms with Crippen LogP contribution in [0.4, 0.5) is 0 Å². The summed E-state index contributed by atoms with van der Waals surface area (Å²) in [5, 5.41) is 11.4. The van der Waals surface area contributed by atoms with Gasteiger partial charge in [0.2, 0.25) is 23.5 Å². The molecule has 2 saturated carbocycles. The number of Topliss-reactive ketones (excluding diaryl/α,β-unsaturated/α-hetero) is 1. The number of amidine groups is 1. The smallest absolute Gasteiger partial charge is 0.289 e. The van der Waals surface area contributed by atoms with Crippen LogP contribution in [-0.4, -0.2) is 117 Å². The van der Waals surface area contributed by atoms with E-state index in [9.17, 15) is 28.8 Å². The largest absolute Gasteiger partial charge is 0.347 e. The summed E-state index contributed by atoms with van der Waals surface area (Å²) in [6, 6.07) is -3.80. The molecule has 5 amide bonds. The standard InChI is InChI=1S/C37H53N9O6/c1-5-10-25(30(47)35(51)41-24-14-15-24)42-33(49)27-22-45(19-20-46(27)28-13-9-16-40-28)36(52)31(37(2,3)4)44-34(50)29(23-11-7-6-8-12-23)43-32(48)26-21-38-17-18-39-26/h9,13,17-18,21,23-25,27,29,31H,5-8,10-12,14-16,19-20,22H2,1-4H3,(H,41,51)(H,42,49)(H,43,48)(H,44,50)/t25-,27-,29-,31+/m0/s1. The van der Waals surface area contributed by atoms with E-state index in [1.807, 2.05) is 44.7 Å². The second-order valence-electron chi connectivity index (χ2n) is 15.3. The Hall–Kier alpha value is -4.69. The van der Waals surface area contributed by atoms with Crippen LogP contribution in [0.2, 0.25) is 0 Å². The van der Waals surface area contributed by atoms with E-state index in [0.29, 0.717) is 18.8 Å². The predicted molar refractivity (Wildman–Crippen MR) is 193 cm³/mol. The van der Waals surface area contributed by atoms with E-state index in [4.69, 9.17) is 0 Å². The Kier molecular flexibility index (Phi) is 12.8. The first-order chi connectivity index (χ1) is 24.9. The zero-order valence-corrected chi connectivity index (χ0v) is 30.7. The van der Waals surface area contributed by atoms with Crippen LogP contribution in [0, 0.1) is 11.3 Å². The topological polar surface area (TPSA) is 195 Å². The summed E-state index contributed by atoms with van der Waals surface area (Å²) in [6.45, 7) is 8.42. The van der Waals surface area contributed by atoms with Crippen molar-refractivity contribution in [2.24, 2.45) is 16.3 Å². The van der Waals surface area contributed by atoms with Gasteiger partial charge in [0.1, 0.15) is 29.7 Å². The lowest BCUT2D eigenvalue weighted by Crippen LogP contribution is -2.66. The molecule has 0 unspecified atom stereocenters. The lowest BCUT2D eigenvalue weighted by Gasteiger charge is -2.44. The molecule has 15 heteroatoms. The molecule has 0 bridgehead atoms. The highest BCUT2D eigenvalue weighted by atomic mass is 16.2. The molecule has 2 aliphatic carbocycles. The van der Waals surface area contributed by atoms with Gasteiger partial charge in [0.15, 0.2) is 0 Å². The minimum absolute atomic E-state index is 0.00126. The fourth-order valence-corrected chi connectivity index (χ4v) is 7.05. The fraction of sp³-hybridized carbons (Fsp3) is 0.649. The molecule has 3 heterocycles. The van der Waals surface area contributed by atoms with Crippen LogP contribution < -0.4 is 21.3 Å². The second kappa shape index (κ2) is 17.2. The Bertz CT molecular complexity index is 1550. The van der Waals surface area contributed by atoms with Gasteiger partial charge in [0, 0.05) is 31.5 Å². The molecule has 0 radical (unpaired) electrons. The summed E-state index contributed by atoms with van der Waals surface area (Å²) < 4.78 is 0. The molecule has 0 spiro atoms. The van der Waals surface area contributed by atoms with Crippen molar-refractivity contribution in [1.82, 2.24) is 41.0 Å². The minimum atomic E-state index is -1.01. The molecule has 1 saturated heterocycles. The molecule has 4 atom stereocenters. The molecule has 1 aromatic rings. The summed E-state index contributed by atoms with van der Waals surface area (Å²) in [5.41, 5.74) is -0.644. The third-order valence-electron chi connectivity index (χ3n) is 10.1. The number of carbonyl (C=O) groups excluding carboxylic acids is 6. The lowest BCUT2D eigenvalue weighted by atomic mass is 9.82. The van der Waals surface area contributed by atoms with Gasteiger partial charge in [0.05, 0.1) is 25.3 Å². The lowest BCUT2D eigenvalue weighted by molar-refractivity contribution is -0.144. The van der Waals surface area contributed by atoms with Crippen LogP contribution in [0.3, 0.4) is 0 Å². The molecule has 0 aromatic carbocycles. The average Bonchev–Trinajstić information content (AvgIpc) is 3.79. The zero-order chi connectivity index (χ0) is 37.4. The van der Waals surface area contributed by atoms with Crippen molar-refractivity contribution in [3.05, 3.63) is 36.4 Å². The predicted octanol–water partition coefficient (Wildman–Crippen LogP) is 1.30. The van der Waals surface area contributed by atoms with Crippen LogP contribution in [0.15, 0.2) is 35.7 Å². The number of hydrogen-bond acceptors (Lipinski definition) is 10. The van der Waals surface area contributed by atoms with Gasteiger partial charge < -0.3 is 31.1 Å². The van der Waals surface area contributed by atoms with E-state index in [-0.39, 0.29) is 49.6 Å². The van der Waals surface area contributed by atoms with E-state index in [2.05, 4.69) is 36.2 Å². The van der Waals surface area contributed by atoms with Gasteiger partial charge >= 0.3 is 0 Å². The monoisotopic (exact) mass is 719 g/mol. The summed E-state index contributed by atoms with van der Waals surface area (Å²) in [5.74, 6) is -2.74. The molecule has 1 aromatic heterocycles. The number of carbonyl (C=O) groups is 6. The number of nitrogens with zero attached hydrogens (tertiary/aromatic N) is 5. The van der Waals surface area contributed by atoms with Gasteiger partial charge in [-0.3, -0.25) is 38.7 Å². The SMILES string of the molecule is CCC[C@H](NC(=O)[C@@H]1CN(C(=O)[C@@H](NC(=O)[C@@H](NC(=O)c2cnccn2)C2CCCCC2)C(C)(C)C)CCN1C1=NCC=C1)C(=O)C(=O)NC1CC1. The van der Waals surface area contributed by atoms with Crippen molar-refractivity contribution >= 4 is 41.2 Å². The third-order valence-corrected chi connectivity index (χ3v) is 10.1. The number of hydrogen-bond donors (Lipinski definition) is 4. The van der Waals surface area contributed by atoms with Crippen molar-refractivity contribution in [3.63, 3.8) is 0 Å². The van der Waals surface area contributed by atoms with Gasteiger partial charge in [-0.2, -0.15) is 0 Å². The van der Waals surface area contributed by atoms with Crippen LogP contribution in [0.5, 0.6) is 0 Å². The highest BCUT2D eigenvalue weighted by molar-refractivity contribution is 6.38. The van der Waals surface area contributed by atoms with Crippen molar-refractivity contribution in [1.29, 1.82) is 0 Å². The first-order valence-electron chi connectivity index (χ1n) is 18.7. The van der Waals surface area contributed by atoms with Crippen molar-refractivity contribution < 1.29 is 28.8 Å². The molecule has 282 valence electrons. The zero-order valence-electron chi connectivity index (χ0n) is 30.7. The number of piperazine rings is 1. The van der Waals surface area contributed by atoms with Gasteiger partial charge in [-0.05, 0) is 49.5 Å². The molecule has 3 fully saturated rings. The summed E-state index contributed by atoms with van der Waals surface area (Å²) in [4.78, 5) is 97.6. The number of nitrogens with one attached hydrogen (secondary N) is 4. The Balaban J connectivity index is 1.34. The Morgan fingerprint density at radius 1 is 0.942 bits per heavy atom. The van der Waals surface area contributed by atoms with Gasteiger partial charge in [-0.25, -0.2) is 4.98 Å². The first kappa shape index (κ1) is 38.5. The normalized spacial score (nSPS) is 21.0. The minimum Gasteiger partial charge on any atom is -0.347 e. The Labute approximate surface area is 305 Å². The van der Waals surface area contributed by atoms with Crippen LogP contribution in [0.1, 0.15) is 96.0 Å². The first-order valence-corrected chi connectivity index (χ1v) is 18.7. The maximum absolute atomic E-state index is 14.5. The van der Waals surface area contributed by atoms with Crippen LogP contribution in [-0.2, 0) is 24.0 Å². The maximum Gasteiger partial charge on any atom is 0.289 e. The van der Waals surface area contributed by atoms with E-state index in [0.717, 1.165) is 44.9 Å². The van der Waals surface area contributed by atoms with E-state index in [1.165, 1.54) is 18.6 Å². The van der Waals surface area contributed by atoms with Gasteiger partial charge in [0.25, 0.3) is 11.8 Å². The second-order valence-corrected chi connectivity index (χ2v) is 15.3. The number of rotatable bonds is 13. The summed E-state index contributed by atoms with van der Waals surface area (Å²) in [7, 11) is 0. The van der Waals surface area contributed by atoms with Gasteiger partial charge in [-0.1, -0.05) is 59.5 Å². The number of aromatic nitrogens is 2. The van der Waals surface area contributed by atoms with Crippen LogP contribution >= 0.6 is 0 Å². The highest BCUT2D eigenvalue weighted by Gasteiger charge is 2.44. The summed E-state index contributed by atoms with van der Waals surface area (Å²) >= 11 is 0. The molecule has 52 heavy (non-hydrogen) atoms. The average molecular weight is 720 g/mol. The van der Waals surface area contributed by atoms with Gasteiger partial charge in [-0.15, -0.1) is 0 Å². The summed E-state index contributed by atoms with van der Waals surface area (Å²) in [6.07, 6.45) is 14.9. The maximum atomic E-state index is 14.5. The molecular weight excluding hydrogens is 666 g/mol. The van der Waals surface area contributed by atoms with Crippen molar-refractivity contribution in [2.75, 3.05) is 26.2 Å². The molecule has 5 rings (SSSR count). The van der Waals surface area contributed by atoms with Crippen molar-refractivity contribution in [3.8, 4) is 0 Å². The quantitative estimate of drug-likeness (QED) is 0.217. The Morgan fingerprint density at radius 3 is 2.31 bits per heavy atom. The Morgan fingerprint density at radius 2 is 1.69 bits per heavy atom. The molecule has 15 nitrogen and oxygen atoms in total. The number of aliphatic imine (C=N–C) groups is 1. The van der Waals surface area contributed by atoms with E-state index in [1.54, 1.807) is 4.90 Å². The molecule has 2 aliphatic heterocycles. The van der Waals surface area contributed by atoms with Crippen molar-refractivity contribution in [2.45, 2.75) is 116 Å². The number of amides is 5.